The Bertz CT molecular complexity index is 461. The first-order chi connectivity index (χ1) is 9.84. The van der Waals surface area contributed by atoms with Crippen LogP contribution in [0.4, 0.5) is 0 Å². The van der Waals surface area contributed by atoms with Crippen LogP contribution in [0.2, 0.25) is 0 Å². The topological polar surface area (TPSA) is 32.7 Å². The van der Waals surface area contributed by atoms with Crippen molar-refractivity contribution in [2.24, 2.45) is 5.92 Å². The predicted molar refractivity (Wildman–Crippen MR) is 77.1 cm³/mol. The van der Waals surface area contributed by atoms with Crippen molar-refractivity contribution in [3.05, 3.63) is 35.9 Å². The third-order valence-electron chi connectivity index (χ3n) is 5.48. The van der Waals surface area contributed by atoms with E-state index in [4.69, 9.17) is 4.74 Å². The molecule has 108 valence electrons. The molecule has 0 amide bonds. The van der Waals surface area contributed by atoms with Gasteiger partial charge in [-0.3, -0.25) is 4.90 Å². The van der Waals surface area contributed by atoms with E-state index in [0.717, 1.165) is 12.3 Å². The van der Waals surface area contributed by atoms with Crippen molar-refractivity contribution in [2.75, 3.05) is 6.61 Å². The summed E-state index contributed by atoms with van der Waals surface area (Å²) in [6.45, 7) is 0.616. The Morgan fingerprint density at radius 2 is 1.85 bits per heavy atom. The van der Waals surface area contributed by atoms with Crippen molar-refractivity contribution in [1.82, 2.24) is 4.90 Å². The normalized spacial score (nSPS) is 41.1. The van der Waals surface area contributed by atoms with E-state index in [9.17, 15) is 5.11 Å². The predicted octanol–water partition coefficient (Wildman–Crippen LogP) is 2.71. The van der Waals surface area contributed by atoms with Gasteiger partial charge in [-0.05, 0) is 30.7 Å². The minimum Gasteiger partial charge on any atom is -0.367 e. The lowest BCUT2D eigenvalue weighted by molar-refractivity contribution is -0.197. The molecule has 0 spiro atoms. The summed E-state index contributed by atoms with van der Waals surface area (Å²) < 4.78 is 5.68. The minimum atomic E-state index is -0.597. The molecular formula is C17H23NO2. The fraction of sp³-hybridized carbons (Fsp3) is 0.647. The molecule has 1 saturated carbocycles. The minimum absolute atomic E-state index is 0.196. The number of aliphatic hydroxyl groups is 1. The van der Waals surface area contributed by atoms with Crippen molar-refractivity contribution < 1.29 is 9.84 Å². The van der Waals surface area contributed by atoms with E-state index in [1.54, 1.807) is 0 Å². The lowest BCUT2D eigenvalue weighted by Gasteiger charge is -2.44. The van der Waals surface area contributed by atoms with Crippen LogP contribution < -0.4 is 0 Å². The Hall–Kier alpha value is -0.900. The molecule has 0 aromatic heterocycles. The van der Waals surface area contributed by atoms with Crippen molar-refractivity contribution in [2.45, 2.75) is 56.5 Å². The quantitative estimate of drug-likeness (QED) is 0.854. The standard InChI is InChI=1S/C17H23NO2/c19-17-15-10-13-8-4-5-9-14(13)18(15)16(11-20-17)12-6-2-1-3-7-12/h1-3,6-7,13-17,19H,4-5,8-11H2. The van der Waals surface area contributed by atoms with Gasteiger partial charge in [0.2, 0.25) is 0 Å². The van der Waals surface area contributed by atoms with Gasteiger partial charge < -0.3 is 9.84 Å². The first-order valence-electron chi connectivity index (χ1n) is 7.96. The molecule has 3 fully saturated rings. The molecule has 4 rings (SSSR count). The second-order valence-electron chi connectivity index (χ2n) is 6.51. The third kappa shape index (κ3) is 2.00. The molecule has 1 aromatic carbocycles. The lowest BCUT2D eigenvalue weighted by atomic mass is 9.84. The highest BCUT2D eigenvalue weighted by Crippen LogP contribution is 2.47. The van der Waals surface area contributed by atoms with E-state index in [-0.39, 0.29) is 6.04 Å². The van der Waals surface area contributed by atoms with Crippen LogP contribution in [0.3, 0.4) is 0 Å². The first-order valence-corrected chi connectivity index (χ1v) is 7.96. The third-order valence-corrected chi connectivity index (χ3v) is 5.48. The van der Waals surface area contributed by atoms with E-state index >= 15 is 0 Å². The molecule has 2 heterocycles. The molecule has 5 unspecified atom stereocenters. The number of hydrogen-bond acceptors (Lipinski definition) is 3. The number of hydrogen-bond donors (Lipinski definition) is 1. The summed E-state index contributed by atoms with van der Waals surface area (Å²) in [6.07, 6.45) is 5.82. The van der Waals surface area contributed by atoms with Crippen LogP contribution in [-0.4, -0.2) is 35.0 Å². The lowest BCUT2D eigenvalue weighted by Crippen LogP contribution is -2.52. The number of rotatable bonds is 1. The molecule has 1 aliphatic carbocycles. The molecule has 3 heteroatoms. The van der Waals surface area contributed by atoms with E-state index in [1.165, 1.54) is 31.2 Å². The van der Waals surface area contributed by atoms with E-state index in [0.29, 0.717) is 18.7 Å². The summed E-state index contributed by atoms with van der Waals surface area (Å²) in [6, 6.07) is 11.8. The van der Waals surface area contributed by atoms with Crippen molar-refractivity contribution in [3.63, 3.8) is 0 Å². The SMILES string of the molecule is OC1OCC(c2ccccc2)N2C3CCCCC3CC12. The second kappa shape index (κ2) is 5.14. The molecule has 2 aliphatic heterocycles. The van der Waals surface area contributed by atoms with Crippen LogP contribution in [0.5, 0.6) is 0 Å². The van der Waals surface area contributed by atoms with Crippen molar-refractivity contribution in [1.29, 1.82) is 0 Å². The summed E-state index contributed by atoms with van der Waals surface area (Å²) in [4.78, 5) is 2.59. The van der Waals surface area contributed by atoms with Gasteiger partial charge in [-0.2, -0.15) is 0 Å². The fourth-order valence-corrected chi connectivity index (χ4v) is 4.59. The van der Waals surface area contributed by atoms with Crippen LogP contribution in [-0.2, 0) is 4.74 Å². The van der Waals surface area contributed by atoms with Gasteiger partial charge in [0.05, 0.1) is 18.7 Å². The van der Waals surface area contributed by atoms with Crippen molar-refractivity contribution in [3.8, 4) is 0 Å². The number of ether oxygens (including phenoxy) is 1. The molecule has 1 N–H and O–H groups in total. The van der Waals surface area contributed by atoms with Gasteiger partial charge in [-0.1, -0.05) is 43.2 Å². The molecule has 1 aromatic rings. The molecule has 5 atom stereocenters. The van der Waals surface area contributed by atoms with Gasteiger partial charge in [0.15, 0.2) is 6.29 Å². The number of morpholine rings is 1. The Morgan fingerprint density at radius 3 is 2.70 bits per heavy atom. The first kappa shape index (κ1) is 12.8. The molecule has 0 radical (unpaired) electrons. The maximum Gasteiger partial charge on any atom is 0.170 e. The summed E-state index contributed by atoms with van der Waals surface area (Å²) in [5.41, 5.74) is 1.33. The molecule has 3 aliphatic rings. The molecule has 3 nitrogen and oxygen atoms in total. The molecule has 20 heavy (non-hydrogen) atoms. The van der Waals surface area contributed by atoms with E-state index in [1.807, 2.05) is 0 Å². The van der Waals surface area contributed by atoms with Gasteiger partial charge in [0, 0.05) is 6.04 Å². The smallest absolute Gasteiger partial charge is 0.170 e. The monoisotopic (exact) mass is 273 g/mol. The van der Waals surface area contributed by atoms with Crippen molar-refractivity contribution >= 4 is 0 Å². The second-order valence-corrected chi connectivity index (χ2v) is 6.51. The van der Waals surface area contributed by atoms with Gasteiger partial charge in [0.25, 0.3) is 0 Å². The largest absolute Gasteiger partial charge is 0.367 e. The van der Waals surface area contributed by atoms with Crippen LogP contribution in [0.15, 0.2) is 30.3 Å². The number of benzene rings is 1. The van der Waals surface area contributed by atoms with E-state index < -0.39 is 6.29 Å². The highest BCUT2D eigenvalue weighted by Gasteiger charge is 2.50. The summed E-state index contributed by atoms with van der Waals surface area (Å²) in [5, 5.41) is 10.2. The summed E-state index contributed by atoms with van der Waals surface area (Å²) in [7, 11) is 0. The zero-order valence-corrected chi connectivity index (χ0v) is 11.8. The number of nitrogens with zero attached hydrogens (tertiary/aromatic N) is 1. The molecule has 0 bridgehead atoms. The Morgan fingerprint density at radius 1 is 1.05 bits per heavy atom. The Kier molecular flexibility index (Phi) is 3.29. The van der Waals surface area contributed by atoms with Crippen LogP contribution in [0.1, 0.15) is 43.7 Å². The summed E-state index contributed by atoms with van der Waals surface area (Å²) >= 11 is 0. The zero-order valence-electron chi connectivity index (χ0n) is 11.8. The zero-order chi connectivity index (χ0) is 13.5. The Labute approximate surface area is 120 Å². The fourth-order valence-electron chi connectivity index (χ4n) is 4.59. The molecular weight excluding hydrogens is 250 g/mol. The number of fused-ring (bicyclic) bond motifs is 3. The van der Waals surface area contributed by atoms with Gasteiger partial charge in [-0.25, -0.2) is 0 Å². The maximum absolute atomic E-state index is 10.2. The van der Waals surface area contributed by atoms with Gasteiger partial charge >= 0.3 is 0 Å². The average Bonchev–Trinajstić information content (AvgIpc) is 2.89. The average molecular weight is 273 g/mol. The highest BCUT2D eigenvalue weighted by molar-refractivity contribution is 5.21. The van der Waals surface area contributed by atoms with Crippen LogP contribution >= 0.6 is 0 Å². The maximum atomic E-state index is 10.2. The van der Waals surface area contributed by atoms with Gasteiger partial charge in [0.1, 0.15) is 0 Å². The van der Waals surface area contributed by atoms with E-state index in [2.05, 4.69) is 35.2 Å². The molecule has 2 saturated heterocycles. The van der Waals surface area contributed by atoms with Crippen LogP contribution in [0, 0.1) is 5.92 Å². The van der Waals surface area contributed by atoms with Crippen LogP contribution in [0.25, 0.3) is 0 Å². The summed E-state index contributed by atoms with van der Waals surface area (Å²) in [5.74, 6) is 0.760. The highest BCUT2D eigenvalue weighted by atomic mass is 16.6. The number of aliphatic hydroxyl groups excluding tert-OH is 1. The van der Waals surface area contributed by atoms with Gasteiger partial charge in [-0.15, -0.1) is 0 Å². The Balaban J connectivity index is 1.67.